The lowest BCUT2D eigenvalue weighted by Gasteiger charge is -2.45. The van der Waals surface area contributed by atoms with Crippen molar-refractivity contribution in [2.24, 2.45) is 10.9 Å². The zero-order chi connectivity index (χ0) is 43.1. The molecule has 21 nitrogen and oxygen atoms in total. The summed E-state index contributed by atoms with van der Waals surface area (Å²) in [6, 6.07) is 15.7. The summed E-state index contributed by atoms with van der Waals surface area (Å²) in [5.74, 6) is -1.96. The highest BCUT2D eigenvalue weighted by molar-refractivity contribution is 8.03. The molecule has 3 aliphatic rings. The number of benzene rings is 3. The fraction of sp³-hybridized carbons (Fsp3) is 0.342. The van der Waals surface area contributed by atoms with Gasteiger partial charge in [0, 0.05) is 66.6 Å². The van der Waals surface area contributed by atoms with Gasteiger partial charge in [0.2, 0.25) is 5.91 Å². The molecule has 0 radical (unpaired) electrons. The first-order valence-electron chi connectivity index (χ1n) is 18.1. The third-order valence-corrected chi connectivity index (χ3v) is 10.9. The van der Waals surface area contributed by atoms with Gasteiger partial charge in [0.1, 0.15) is 44.1 Å². The summed E-state index contributed by atoms with van der Waals surface area (Å²) in [6.45, 7) is 1.03. The van der Waals surface area contributed by atoms with Crippen molar-refractivity contribution in [2.75, 3.05) is 26.8 Å². The Morgan fingerprint density at radius 1 is 0.783 bits per heavy atom. The van der Waals surface area contributed by atoms with E-state index in [1.807, 2.05) is 0 Å². The second kappa shape index (κ2) is 18.8. The Kier molecular flexibility index (Phi) is 13.3. The summed E-state index contributed by atoms with van der Waals surface area (Å²) in [4.78, 5) is 92.5. The van der Waals surface area contributed by atoms with Gasteiger partial charge in [-0.25, -0.2) is 14.4 Å². The van der Waals surface area contributed by atoms with Crippen molar-refractivity contribution in [3.63, 3.8) is 0 Å². The molecule has 0 bridgehead atoms. The fourth-order valence-corrected chi connectivity index (χ4v) is 8.00. The standard InChI is InChI=1S/C38H36N6O15S/c1-22(59-38(48)58-20-25-7-13-28(14-8-25)44(53)54)33-30-15-31(34(41(30)35(33)45)36(46)56-18-23-3-9-26(10-4-23)42(49)50)60-29-16-39-32(21-55-2)40(17-29)37(47)57-19-24-5-11-27(12-6-24)43(51)52/h3-14,22,29-30,33H,15-21H2,1-2H3/t22?,29?,30-,33?/m1/s1. The van der Waals surface area contributed by atoms with Crippen molar-refractivity contribution in [2.45, 2.75) is 50.6 Å². The largest absolute Gasteiger partial charge is 0.508 e. The average molecular weight is 849 g/mol. The van der Waals surface area contributed by atoms with Crippen molar-refractivity contribution >= 4 is 58.8 Å². The van der Waals surface area contributed by atoms with E-state index in [0.717, 1.165) is 0 Å². The molecular formula is C38H36N6O15S. The molecule has 22 heteroatoms. The molecule has 60 heavy (non-hydrogen) atoms. The number of β-lactam (4-membered cyclic amide) rings is 1. The van der Waals surface area contributed by atoms with Crippen LogP contribution >= 0.6 is 11.8 Å². The molecule has 6 rings (SSSR count). The highest BCUT2D eigenvalue weighted by Gasteiger charge is 2.58. The van der Waals surface area contributed by atoms with E-state index < -0.39 is 62.2 Å². The first-order chi connectivity index (χ1) is 28.7. The number of hydrogen-bond donors (Lipinski definition) is 0. The molecule has 0 saturated carbocycles. The maximum Gasteiger partial charge on any atom is 0.508 e. The Morgan fingerprint density at radius 2 is 1.28 bits per heavy atom. The molecule has 1 saturated heterocycles. The minimum Gasteiger partial charge on any atom is -0.456 e. The van der Waals surface area contributed by atoms with E-state index in [0.29, 0.717) is 21.6 Å². The Balaban J connectivity index is 1.15. The summed E-state index contributed by atoms with van der Waals surface area (Å²) in [5, 5.41) is 32.6. The maximum absolute atomic E-state index is 13.8. The Morgan fingerprint density at radius 3 is 1.78 bits per heavy atom. The van der Waals surface area contributed by atoms with Crippen LogP contribution in [0.2, 0.25) is 0 Å². The molecule has 3 unspecified atom stereocenters. The number of hydrogen-bond acceptors (Lipinski definition) is 17. The van der Waals surface area contributed by atoms with Crippen LogP contribution in [0.1, 0.15) is 30.0 Å². The lowest BCUT2D eigenvalue weighted by atomic mass is 9.83. The zero-order valence-corrected chi connectivity index (χ0v) is 32.7. The summed E-state index contributed by atoms with van der Waals surface area (Å²) in [5.41, 5.74) is 0.981. The van der Waals surface area contributed by atoms with Crippen LogP contribution in [0.4, 0.5) is 26.7 Å². The molecule has 2 amide bonds. The molecule has 314 valence electrons. The number of ether oxygens (including phenoxy) is 5. The SMILES string of the molecule is COCC1=NCC(SC2=C(C(=O)OCc3ccc([N+](=O)[O-])cc3)N3C(=O)C(C(C)OC(=O)OCc4ccc([N+](=O)[O-])cc4)[C@H]3C2)CN1C(=O)OCc1ccc([N+](=O)[O-])cc1. The predicted octanol–water partition coefficient (Wildman–Crippen LogP) is 5.44. The van der Waals surface area contributed by atoms with E-state index in [1.165, 1.54) is 108 Å². The van der Waals surface area contributed by atoms with Gasteiger partial charge in [0.05, 0.1) is 33.3 Å². The normalized spacial score (nSPS) is 18.7. The van der Waals surface area contributed by atoms with Crippen LogP contribution in [0.3, 0.4) is 0 Å². The van der Waals surface area contributed by atoms with E-state index >= 15 is 0 Å². The summed E-state index contributed by atoms with van der Waals surface area (Å²) in [6.07, 6.45) is -2.68. The number of nitro benzene ring substituents is 3. The van der Waals surface area contributed by atoms with Crippen molar-refractivity contribution in [1.29, 1.82) is 0 Å². The van der Waals surface area contributed by atoms with Gasteiger partial charge in [-0.05, 0) is 60.0 Å². The van der Waals surface area contributed by atoms with Gasteiger partial charge >= 0.3 is 18.2 Å². The smallest absolute Gasteiger partial charge is 0.456 e. The summed E-state index contributed by atoms with van der Waals surface area (Å²) in [7, 11) is 1.43. The molecular weight excluding hydrogens is 813 g/mol. The Hall–Kier alpha value is -6.94. The van der Waals surface area contributed by atoms with E-state index in [-0.39, 0.29) is 74.5 Å². The number of nitro groups is 3. The number of esters is 1. The van der Waals surface area contributed by atoms with Crippen LogP contribution in [0.25, 0.3) is 0 Å². The average Bonchev–Trinajstić information content (AvgIpc) is 3.55. The van der Waals surface area contributed by atoms with Crippen molar-refractivity contribution in [1.82, 2.24) is 9.80 Å². The fourth-order valence-electron chi connectivity index (χ4n) is 6.66. The number of fused-ring (bicyclic) bond motifs is 1. The maximum atomic E-state index is 13.8. The first kappa shape index (κ1) is 42.7. The molecule has 0 aromatic heterocycles. The summed E-state index contributed by atoms with van der Waals surface area (Å²) < 4.78 is 27.0. The van der Waals surface area contributed by atoms with Crippen molar-refractivity contribution < 1.29 is 57.6 Å². The van der Waals surface area contributed by atoms with E-state index in [1.54, 1.807) is 0 Å². The van der Waals surface area contributed by atoms with E-state index in [2.05, 4.69) is 4.99 Å². The molecule has 0 spiro atoms. The van der Waals surface area contributed by atoms with E-state index in [9.17, 15) is 49.5 Å². The minimum atomic E-state index is -1.08. The molecule has 0 aliphatic carbocycles. The number of carbonyl (C=O) groups excluding carboxylic acids is 4. The molecule has 3 aromatic rings. The second-order valence-electron chi connectivity index (χ2n) is 13.6. The number of amides is 2. The van der Waals surface area contributed by atoms with Crippen LogP contribution in [0, 0.1) is 36.3 Å². The lowest BCUT2D eigenvalue weighted by Crippen LogP contribution is -2.62. The van der Waals surface area contributed by atoms with Gasteiger partial charge in [-0.1, -0.05) is 0 Å². The highest BCUT2D eigenvalue weighted by atomic mass is 32.2. The molecule has 4 atom stereocenters. The van der Waals surface area contributed by atoms with Crippen LogP contribution in [0.15, 0.2) is 88.4 Å². The number of non-ortho nitro benzene ring substituents is 3. The number of methoxy groups -OCH3 is 1. The van der Waals surface area contributed by atoms with Crippen LogP contribution in [0.5, 0.6) is 0 Å². The topological polar surface area (TPSA) is 263 Å². The van der Waals surface area contributed by atoms with Gasteiger partial charge in [-0.2, -0.15) is 0 Å². The van der Waals surface area contributed by atoms with Gasteiger partial charge in [-0.3, -0.25) is 45.0 Å². The quantitative estimate of drug-likeness (QED) is 0.0571. The van der Waals surface area contributed by atoms with Crippen molar-refractivity contribution in [3.05, 3.63) is 130 Å². The zero-order valence-electron chi connectivity index (χ0n) is 31.9. The summed E-state index contributed by atoms with van der Waals surface area (Å²) >= 11 is 1.21. The van der Waals surface area contributed by atoms with Crippen LogP contribution in [-0.2, 0) is 53.1 Å². The molecule has 1 fully saturated rings. The Labute approximate surface area is 344 Å². The number of rotatable bonds is 16. The van der Waals surface area contributed by atoms with Gasteiger partial charge in [0.25, 0.3) is 17.1 Å². The number of nitrogens with zero attached hydrogens (tertiary/aromatic N) is 6. The molecule has 3 aromatic carbocycles. The van der Waals surface area contributed by atoms with Gasteiger partial charge < -0.3 is 28.6 Å². The third kappa shape index (κ3) is 9.84. The Bertz CT molecular complexity index is 2230. The van der Waals surface area contributed by atoms with Crippen molar-refractivity contribution in [3.8, 4) is 0 Å². The van der Waals surface area contributed by atoms with E-state index in [4.69, 9.17) is 23.7 Å². The highest BCUT2D eigenvalue weighted by Crippen LogP contribution is 2.49. The minimum absolute atomic E-state index is 0.0207. The predicted molar refractivity (Wildman–Crippen MR) is 208 cm³/mol. The van der Waals surface area contributed by atoms with Crippen LogP contribution in [-0.4, -0.2) is 98.7 Å². The third-order valence-electron chi connectivity index (χ3n) is 9.66. The molecule has 3 aliphatic heterocycles. The monoisotopic (exact) mass is 848 g/mol. The number of carbonyl (C=O) groups is 4. The molecule has 0 N–H and O–H groups in total. The second-order valence-corrected chi connectivity index (χ2v) is 15.0. The number of aliphatic imine (C=N–C) groups is 1. The van der Waals surface area contributed by atoms with Gasteiger partial charge in [0.15, 0.2) is 0 Å². The van der Waals surface area contributed by atoms with Crippen LogP contribution < -0.4 is 0 Å². The van der Waals surface area contributed by atoms with Gasteiger partial charge in [-0.15, -0.1) is 11.8 Å². The number of thioether (sulfide) groups is 1. The molecule has 3 heterocycles. The lowest BCUT2D eigenvalue weighted by molar-refractivity contribution is -0.385. The first-order valence-corrected chi connectivity index (χ1v) is 19.0. The number of amidine groups is 1.